The number of methoxy groups -OCH3 is 2. The second kappa shape index (κ2) is 10.00. The maximum Gasteiger partial charge on any atom is 0.322 e. The molecule has 4 rings (SSSR count). The molecule has 0 radical (unpaired) electrons. The second-order valence-electron chi connectivity index (χ2n) is 7.66. The number of sulfonamides is 1. The van der Waals surface area contributed by atoms with Crippen LogP contribution in [0.1, 0.15) is 12.8 Å². The molecule has 1 fully saturated rings. The molecule has 1 aliphatic heterocycles. The van der Waals surface area contributed by atoms with Crippen molar-refractivity contribution in [3.63, 3.8) is 0 Å². The first-order valence-corrected chi connectivity index (χ1v) is 12.3. The molecule has 1 amide bonds. The number of piperidine rings is 1. The van der Waals surface area contributed by atoms with Crippen LogP contribution in [0, 0.1) is 5.92 Å². The summed E-state index contributed by atoms with van der Waals surface area (Å²) < 4.78 is 43.4. The maximum atomic E-state index is 13.0. The number of carbonyl (C=O) groups excluding carboxylic acids is 1. The molecule has 1 saturated heterocycles. The van der Waals surface area contributed by atoms with Gasteiger partial charge in [0.15, 0.2) is 0 Å². The molecule has 1 atom stereocenters. The Morgan fingerprint density at radius 2 is 1.79 bits per heavy atom. The molecule has 0 bridgehead atoms. The van der Waals surface area contributed by atoms with E-state index in [-0.39, 0.29) is 23.3 Å². The van der Waals surface area contributed by atoms with Gasteiger partial charge in [-0.25, -0.2) is 8.42 Å². The number of nitrogens with zero attached hydrogens (tertiary/aromatic N) is 3. The Balaban J connectivity index is 1.45. The van der Waals surface area contributed by atoms with Gasteiger partial charge < -0.3 is 13.9 Å². The molecule has 3 aromatic rings. The number of halogens is 1. The predicted octanol–water partition coefficient (Wildman–Crippen LogP) is 3.45. The highest BCUT2D eigenvalue weighted by Gasteiger charge is 2.33. The predicted molar refractivity (Wildman–Crippen MR) is 124 cm³/mol. The van der Waals surface area contributed by atoms with E-state index in [1.165, 1.54) is 42.8 Å². The van der Waals surface area contributed by atoms with E-state index in [0.717, 1.165) is 0 Å². The zero-order valence-electron chi connectivity index (χ0n) is 18.5. The van der Waals surface area contributed by atoms with Crippen molar-refractivity contribution in [2.24, 2.45) is 5.92 Å². The smallest absolute Gasteiger partial charge is 0.322 e. The van der Waals surface area contributed by atoms with Crippen molar-refractivity contribution < 1.29 is 27.1 Å². The number of ether oxygens (including phenoxy) is 2. The number of hydrogen-bond donors (Lipinski definition) is 1. The molecule has 2 heterocycles. The van der Waals surface area contributed by atoms with E-state index in [4.69, 9.17) is 25.5 Å². The fraction of sp³-hybridized carbons (Fsp3) is 0.318. The van der Waals surface area contributed by atoms with Crippen LogP contribution in [0.5, 0.6) is 11.5 Å². The van der Waals surface area contributed by atoms with Crippen molar-refractivity contribution in [1.29, 1.82) is 0 Å². The summed E-state index contributed by atoms with van der Waals surface area (Å²) in [6.07, 6.45) is 1.08. The third kappa shape index (κ3) is 5.16. The Hall–Kier alpha value is -3.15. The van der Waals surface area contributed by atoms with Gasteiger partial charge >= 0.3 is 6.01 Å². The minimum absolute atomic E-state index is 0.0465. The lowest BCUT2D eigenvalue weighted by Crippen LogP contribution is -2.43. The van der Waals surface area contributed by atoms with Crippen molar-refractivity contribution >= 4 is 33.5 Å². The molecule has 34 heavy (non-hydrogen) atoms. The first-order valence-electron chi connectivity index (χ1n) is 10.4. The molecule has 0 saturated carbocycles. The van der Waals surface area contributed by atoms with Crippen LogP contribution in [-0.2, 0) is 14.8 Å². The van der Waals surface area contributed by atoms with Gasteiger partial charge in [-0.1, -0.05) is 16.7 Å². The van der Waals surface area contributed by atoms with Crippen molar-refractivity contribution in [2.75, 3.05) is 32.6 Å². The van der Waals surface area contributed by atoms with Gasteiger partial charge in [-0.05, 0) is 49.2 Å². The number of benzene rings is 2. The van der Waals surface area contributed by atoms with Crippen molar-refractivity contribution in [3.05, 3.63) is 47.5 Å². The molecule has 12 heteroatoms. The van der Waals surface area contributed by atoms with Crippen LogP contribution in [0.4, 0.5) is 6.01 Å². The van der Waals surface area contributed by atoms with Crippen molar-refractivity contribution in [2.45, 2.75) is 17.7 Å². The first-order chi connectivity index (χ1) is 16.3. The van der Waals surface area contributed by atoms with Gasteiger partial charge in [0.1, 0.15) is 11.5 Å². The molecule has 10 nitrogen and oxygen atoms in total. The summed E-state index contributed by atoms with van der Waals surface area (Å²) in [7, 11) is -0.691. The standard InChI is InChI=1S/C22H23ClN4O6S/c1-31-17-10-15(11-18(12-17)32-2)21-25-26-22(33-21)24-20(28)14-4-3-9-27(13-14)34(29,30)19-7-5-16(23)6-8-19/h5-8,10-12,14H,3-4,9,13H2,1-2H3,(H,24,26,28). The third-order valence-corrected chi connectivity index (χ3v) is 7.59. The van der Waals surface area contributed by atoms with E-state index in [0.29, 0.717) is 41.5 Å². The van der Waals surface area contributed by atoms with Crippen LogP contribution in [0.2, 0.25) is 5.02 Å². The van der Waals surface area contributed by atoms with Gasteiger partial charge in [0.25, 0.3) is 0 Å². The first kappa shape index (κ1) is 24.0. The number of aromatic nitrogens is 2. The lowest BCUT2D eigenvalue weighted by molar-refractivity contribution is -0.121. The largest absolute Gasteiger partial charge is 0.497 e. The lowest BCUT2D eigenvalue weighted by atomic mass is 9.99. The second-order valence-corrected chi connectivity index (χ2v) is 10.0. The number of hydrogen-bond acceptors (Lipinski definition) is 8. The maximum absolute atomic E-state index is 13.0. The van der Waals surface area contributed by atoms with E-state index in [2.05, 4.69) is 15.5 Å². The monoisotopic (exact) mass is 506 g/mol. The highest BCUT2D eigenvalue weighted by molar-refractivity contribution is 7.89. The third-order valence-electron chi connectivity index (χ3n) is 5.46. The summed E-state index contributed by atoms with van der Waals surface area (Å²) in [5, 5.41) is 10.9. The zero-order chi connectivity index (χ0) is 24.3. The van der Waals surface area contributed by atoms with Crippen LogP contribution in [0.25, 0.3) is 11.5 Å². The average Bonchev–Trinajstić information content (AvgIpc) is 3.32. The Morgan fingerprint density at radius 3 is 2.44 bits per heavy atom. The fourth-order valence-corrected chi connectivity index (χ4v) is 5.31. The van der Waals surface area contributed by atoms with E-state index < -0.39 is 21.8 Å². The summed E-state index contributed by atoms with van der Waals surface area (Å²) in [6.45, 7) is 0.377. The molecular formula is C22H23ClN4O6S. The van der Waals surface area contributed by atoms with E-state index in [9.17, 15) is 13.2 Å². The molecule has 1 unspecified atom stereocenters. The lowest BCUT2D eigenvalue weighted by Gasteiger charge is -2.30. The molecule has 180 valence electrons. The molecule has 2 aromatic carbocycles. The highest BCUT2D eigenvalue weighted by atomic mass is 35.5. The molecule has 1 N–H and O–H groups in total. The van der Waals surface area contributed by atoms with Crippen molar-refractivity contribution in [3.8, 4) is 23.0 Å². The molecule has 1 aromatic heterocycles. The Bertz CT molecular complexity index is 1260. The van der Waals surface area contributed by atoms with Gasteiger partial charge in [0, 0.05) is 29.7 Å². The summed E-state index contributed by atoms with van der Waals surface area (Å²) >= 11 is 5.87. The summed E-state index contributed by atoms with van der Waals surface area (Å²) in [5.74, 6) is 0.297. The van der Waals surface area contributed by atoms with E-state index >= 15 is 0 Å². The number of amides is 1. The summed E-state index contributed by atoms with van der Waals surface area (Å²) in [5.41, 5.74) is 0.557. The highest BCUT2D eigenvalue weighted by Crippen LogP contribution is 2.30. The average molecular weight is 507 g/mol. The normalized spacial score (nSPS) is 16.7. The number of anilines is 1. The van der Waals surface area contributed by atoms with Crippen LogP contribution in [0.3, 0.4) is 0 Å². The Labute approximate surface area is 201 Å². The Kier molecular flexibility index (Phi) is 7.05. The quantitative estimate of drug-likeness (QED) is 0.516. The number of carbonyl (C=O) groups is 1. The van der Waals surface area contributed by atoms with Crippen LogP contribution in [-0.4, -0.2) is 56.1 Å². The van der Waals surface area contributed by atoms with E-state index in [1.807, 2.05) is 0 Å². The minimum Gasteiger partial charge on any atom is -0.497 e. The molecule has 0 aliphatic carbocycles. The molecule has 0 spiro atoms. The summed E-state index contributed by atoms with van der Waals surface area (Å²) in [4.78, 5) is 13.0. The molecule has 1 aliphatic rings. The summed E-state index contributed by atoms with van der Waals surface area (Å²) in [6, 6.07) is 11.0. The van der Waals surface area contributed by atoms with E-state index in [1.54, 1.807) is 18.2 Å². The fourth-order valence-electron chi connectivity index (χ4n) is 3.66. The van der Waals surface area contributed by atoms with Crippen molar-refractivity contribution in [1.82, 2.24) is 14.5 Å². The van der Waals surface area contributed by atoms with Gasteiger partial charge in [0.05, 0.1) is 25.0 Å². The SMILES string of the molecule is COc1cc(OC)cc(-c2nnc(NC(=O)C3CCCN(S(=O)(=O)c4ccc(Cl)cc4)C3)o2)c1. The number of nitrogens with one attached hydrogen (secondary N) is 1. The Morgan fingerprint density at radius 1 is 1.12 bits per heavy atom. The van der Waals surface area contributed by atoms with Gasteiger partial charge in [-0.15, -0.1) is 5.10 Å². The topological polar surface area (TPSA) is 124 Å². The van der Waals surface area contributed by atoms with Gasteiger partial charge in [-0.2, -0.15) is 4.31 Å². The van der Waals surface area contributed by atoms with Crippen LogP contribution >= 0.6 is 11.6 Å². The van der Waals surface area contributed by atoms with Crippen LogP contribution < -0.4 is 14.8 Å². The number of rotatable bonds is 7. The minimum atomic E-state index is -3.74. The van der Waals surface area contributed by atoms with Gasteiger partial charge in [0.2, 0.25) is 21.8 Å². The zero-order valence-corrected chi connectivity index (χ0v) is 20.1. The van der Waals surface area contributed by atoms with Crippen LogP contribution in [0.15, 0.2) is 51.8 Å². The molecular weight excluding hydrogens is 484 g/mol. The van der Waals surface area contributed by atoms with Gasteiger partial charge in [-0.3, -0.25) is 10.1 Å².